The maximum Gasteiger partial charge on any atom is 0.308 e. The van der Waals surface area contributed by atoms with Gasteiger partial charge in [-0.25, -0.2) is 0 Å². The number of carbonyl (C=O) groups excluding carboxylic acids is 2. The Morgan fingerprint density at radius 1 is 1.12 bits per heavy atom. The summed E-state index contributed by atoms with van der Waals surface area (Å²) in [5.41, 5.74) is -0.681. The number of epoxide rings is 1. The number of aliphatic carboxylic acids is 1. The van der Waals surface area contributed by atoms with Crippen LogP contribution in [0.2, 0.25) is 0 Å². The Balaban J connectivity index is 1.98. The summed E-state index contributed by atoms with van der Waals surface area (Å²) < 4.78 is 24.1. The molecule has 0 amide bonds. The number of likely N-dealkylation sites (N-methyl/N-ethyl adjacent to an activating group) is 1. The van der Waals surface area contributed by atoms with Crippen LogP contribution in [0.1, 0.15) is 73.6 Å². The molecule has 3 aliphatic heterocycles. The summed E-state index contributed by atoms with van der Waals surface area (Å²) in [6.45, 7) is 11.0. The van der Waals surface area contributed by atoms with Crippen molar-refractivity contribution in [2.75, 3.05) is 14.1 Å². The third-order valence-corrected chi connectivity index (χ3v) is 9.33. The summed E-state index contributed by atoms with van der Waals surface area (Å²) in [6, 6.07) is -0.272. The van der Waals surface area contributed by atoms with E-state index in [1.54, 1.807) is 19.9 Å². The zero-order valence-corrected chi connectivity index (χ0v) is 26.3. The van der Waals surface area contributed by atoms with Crippen molar-refractivity contribution in [1.29, 1.82) is 0 Å². The lowest BCUT2D eigenvalue weighted by Gasteiger charge is -2.44. The molecule has 0 aromatic carbocycles. The number of fused-ring (bicyclic) bond motifs is 1. The van der Waals surface area contributed by atoms with E-state index in [9.17, 15) is 29.7 Å². The van der Waals surface area contributed by atoms with E-state index in [2.05, 4.69) is 0 Å². The Kier molecular flexibility index (Phi) is 11.7. The molecule has 0 saturated carbocycles. The number of carbonyl (C=O) groups is 3. The third kappa shape index (κ3) is 8.39. The van der Waals surface area contributed by atoms with Gasteiger partial charge in [0.15, 0.2) is 12.1 Å². The van der Waals surface area contributed by atoms with Gasteiger partial charge in [-0.3, -0.25) is 14.4 Å². The lowest BCUT2D eigenvalue weighted by molar-refractivity contribution is -0.283. The van der Waals surface area contributed by atoms with Crippen molar-refractivity contribution in [2.45, 2.75) is 128 Å². The molecule has 240 valence electrons. The minimum Gasteiger partial charge on any atom is -0.481 e. The first kappa shape index (κ1) is 34.6. The van der Waals surface area contributed by atoms with Crippen molar-refractivity contribution < 1.29 is 48.7 Å². The fraction of sp³-hybridized carbons (Fsp3) is 0.839. The lowest BCUT2D eigenvalue weighted by atomic mass is 9.79. The van der Waals surface area contributed by atoms with E-state index in [0.717, 1.165) is 0 Å². The number of aliphatic hydroxyl groups is 2. The van der Waals surface area contributed by atoms with Crippen molar-refractivity contribution in [3.05, 3.63) is 12.2 Å². The molecular formula is C31H51NO10. The summed E-state index contributed by atoms with van der Waals surface area (Å²) >= 11 is 0. The van der Waals surface area contributed by atoms with Crippen LogP contribution >= 0.6 is 0 Å². The summed E-state index contributed by atoms with van der Waals surface area (Å²) in [7, 11) is 3.70. The van der Waals surface area contributed by atoms with Crippen molar-refractivity contribution in [2.24, 2.45) is 23.7 Å². The minimum atomic E-state index is -1.24. The highest BCUT2D eigenvalue weighted by Gasteiger charge is 2.55. The van der Waals surface area contributed by atoms with Crippen LogP contribution in [0.3, 0.4) is 0 Å². The molecule has 0 radical (unpaired) electrons. The van der Waals surface area contributed by atoms with E-state index in [4.69, 9.17) is 18.9 Å². The first-order valence-electron chi connectivity index (χ1n) is 15.2. The fourth-order valence-electron chi connectivity index (χ4n) is 6.57. The van der Waals surface area contributed by atoms with Gasteiger partial charge in [-0.2, -0.15) is 0 Å². The van der Waals surface area contributed by atoms with Crippen LogP contribution in [-0.4, -0.2) is 107 Å². The monoisotopic (exact) mass is 597 g/mol. The van der Waals surface area contributed by atoms with Gasteiger partial charge < -0.3 is 39.2 Å². The first-order valence-corrected chi connectivity index (χ1v) is 15.2. The van der Waals surface area contributed by atoms with Crippen molar-refractivity contribution in [1.82, 2.24) is 4.90 Å². The largest absolute Gasteiger partial charge is 0.481 e. The number of carboxylic acid groups (broad SMARTS) is 1. The topological polar surface area (TPSA) is 155 Å². The predicted molar refractivity (Wildman–Crippen MR) is 153 cm³/mol. The van der Waals surface area contributed by atoms with E-state index in [-0.39, 0.29) is 49.2 Å². The number of esters is 1. The van der Waals surface area contributed by atoms with Crippen LogP contribution in [0.4, 0.5) is 0 Å². The number of ether oxygens (including phenoxy) is 4. The lowest BCUT2D eigenvalue weighted by Crippen LogP contribution is -2.56. The number of aliphatic hydroxyl groups excluding tert-OH is 2. The number of carboxylic acids is 1. The van der Waals surface area contributed by atoms with Gasteiger partial charge in [-0.05, 0) is 65.3 Å². The normalized spacial score (nSPS) is 44.0. The summed E-state index contributed by atoms with van der Waals surface area (Å²) in [5, 5.41) is 32.3. The third-order valence-electron chi connectivity index (χ3n) is 9.33. The van der Waals surface area contributed by atoms with Gasteiger partial charge >= 0.3 is 11.9 Å². The number of cyclic esters (lactones) is 1. The maximum atomic E-state index is 13.2. The van der Waals surface area contributed by atoms with Crippen molar-refractivity contribution >= 4 is 17.7 Å². The molecule has 2 saturated heterocycles. The van der Waals surface area contributed by atoms with Crippen LogP contribution in [0, 0.1) is 23.7 Å². The fourth-order valence-corrected chi connectivity index (χ4v) is 6.57. The number of allylic oxidation sites excluding steroid dienone is 1. The molecule has 0 aliphatic carbocycles. The van der Waals surface area contributed by atoms with E-state index >= 15 is 0 Å². The zero-order valence-electron chi connectivity index (χ0n) is 26.3. The molecule has 0 bridgehead atoms. The van der Waals surface area contributed by atoms with Gasteiger partial charge in [0, 0.05) is 23.8 Å². The average molecular weight is 598 g/mol. The molecule has 0 unspecified atom stereocenters. The van der Waals surface area contributed by atoms with Crippen LogP contribution in [0.25, 0.3) is 0 Å². The number of rotatable bonds is 6. The van der Waals surface area contributed by atoms with Crippen LogP contribution in [0.5, 0.6) is 0 Å². The molecule has 3 N–H and O–H groups in total. The molecule has 0 spiro atoms. The molecular weight excluding hydrogens is 546 g/mol. The number of hydrogen-bond donors (Lipinski definition) is 3. The molecule has 0 aromatic heterocycles. The Morgan fingerprint density at radius 3 is 2.38 bits per heavy atom. The Labute approximate surface area is 249 Å². The molecule has 2 fully saturated rings. The van der Waals surface area contributed by atoms with Crippen LogP contribution in [-0.2, 0) is 33.3 Å². The van der Waals surface area contributed by atoms with Gasteiger partial charge in [-0.15, -0.1) is 0 Å². The second-order valence-corrected chi connectivity index (χ2v) is 13.1. The van der Waals surface area contributed by atoms with E-state index < -0.39 is 66.0 Å². The molecule has 11 nitrogen and oxygen atoms in total. The van der Waals surface area contributed by atoms with Crippen LogP contribution in [0.15, 0.2) is 12.2 Å². The predicted octanol–water partition coefficient (Wildman–Crippen LogP) is 2.56. The Bertz CT molecular complexity index is 987. The van der Waals surface area contributed by atoms with Crippen molar-refractivity contribution in [3.8, 4) is 0 Å². The van der Waals surface area contributed by atoms with Crippen LogP contribution < -0.4 is 0 Å². The van der Waals surface area contributed by atoms with Gasteiger partial charge in [0.1, 0.15) is 17.8 Å². The molecule has 3 rings (SSSR count). The first-order chi connectivity index (χ1) is 19.6. The van der Waals surface area contributed by atoms with Gasteiger partial charge in [0.25, 0.3) is 0 Å². The quantitative estimate of drug-likeness (QED) is 0.306. The summed E-state index contributed by atoms with van der Waals surface area (Å²) in [6.07, 6.45) is -1.49. The minimum absolute atomic E-state index is 0.142. The zero-order chi connectivity index (χ0) is 31.5. The number of nitrogens with zero attached hydrogens (tertiary/aromatic N) is 1. The second-order valence-electron chi connectivity index (χ2n) is 13.1. The summed E-state index contributed by atoms with van der Waals surface area (Å²) in [5.74, 6) is -4.05. The molecule has 0 aromatic rings. The molecule has 11 heteroatoms. The average Bonchev–Trinajstić information content (AvgIpc) is 3.59. The Morgan fingerprint density at radius 2 is 1.79 bits per heavy atom. The SMILES string of the molecule is CC[C@H]1OC(=O)C[C@@H](O)[C@H](C)[C@@H](O[C@@H]2O[C@@H](C)C[C@H](N(C)C)[C@@H]2O)[C@@H](CC(=O)O)C[C@@H](C)C(=O)C=C[C@]2(C)O[C@H]2[C@@H]1C. The maximum absolute atomic E-state index is 13.2. The van der Waals surface area contributed by atoms with Gasteiger partial charge in [0.05, 0.1) is 37.3 Å². The highest BCUT2D eigenvalue weighted by Crippen LogP contribution is 2.45. The highest BCUT2D eigenvalue weighted by atomic mass is 16.7. The smallest absolute Gasteiger partial charge is 0.308 e. The van der Waals surface area contributed by atoms with Gasteiger partial charge in [0.2, 0.25) is 0 Å². The summed E-state index contributed by atoms with van der Waals surface area (Å²) in [4.78, 5) is 40.2. The molecule has 13 atom stereocenters. The van der Waals surface area contributed by atoms with Gasteiger partial charge in [-0.1, -0.05) is 27.7 Å². The van der Waals surface area contributed by atoms with E-state index in [1.807, 2.05) is 46.7 Å². The molecule has 42 heavy (non-hydrogen) atoms. The highest BCUT2D eigenvalue weighted by molar-refractivity contribution is 5.91. The Hall–Kier alpha value is -1.89. The van der Waals surface area contributed by atoms with Crippen molar-refractivity contribution in [3.63, 3.8) is 0 Å². The number of ketones is 1. The number of hydrogen-bond acceptors (Lipinski definition) is 10. The van der Waals surface area contributed by atoms with E-state index in [1.165, 1.54) is 6.08 Å². The molecule has 3 aliphatic rings. The molecule has 3 heterocycles. The standard InChI is InChI=1S/C31H51NO10/c1-9-24-19(5)29-31(6,42-29)11-10-22(33)16(2)12-20(14-25(35)36)28(18(4)23(34)15-26(37)40-24)41-30-27(38)21(32(7)8)13-17(3)39-30/h10-11,16-21,23-24,27-30,34,38H,9,12-15H2,1-8H3,(H,35,36)/t16-,17+,18+,19-,20-,21+,23-,24-,27+,28-,29+,30+,31+/m1/s1. The second kappa shape index (κ2) is 14.3. The van der Waals surface area contributed by atoms with E-state index in [0.29, 0.717) is 12.8 Å².